The van der Waals surface area contributed by atoms with Gasteiger partial charge in [0.15, 0.2) is 11.5 Å². The van der Waals surface area contributed by atoms with Crippen molar-refractivity contribution in [2.24, 2.45) is 0 Å². The molecule has 0 aliphatic heterocycles. The van der Waals surface area contributed by atoms with Crippen molar-refractivity contribution in [3.63, 3.8) is 0 Å². The van der Waals surface area contributed by atoms with Gasteiger partial charge in [-0.25, -0.2) is 0 Å². The highest BCUT2D eigenvalue weighted by Gasteiger charge is 2.31. The number of aryl methyl sites for hydroxylation is 1. The summed E-state index contributed by atoms with van der Waals surface area (Å²) in [6, 6.07) is 5.30. The molecule has 0 bridgehead atoms. The number of aromatic nitrogens is 1. The van der Waals surface area contributed by atoms with Crippen molar-refractivity contribution in [3.05, 3.63) is 44.7 Å². The fourth-order valence-electron chi connectivity index (χ4n) is 3.27. The van der Waals surface area contributed by atoms with Gasteiger partial charge in [0.05, 0.1) is 24.9 Å². The Morgan fingerprint density at radius 2 is 2.04 bits per heavy atom. The number of hydrogen-bond donors (Lipinski definition) is 0. The molecule has 0 unspecified atom stereocenters. The number of thiophene rings is 1. The van der Waals surface area contributed by atoms with Crippen LogP contribution in [0.2, 0.25) is 5.02 Å². The van der Waals surface area contributed by atoms with Crippen LogP contribution in [-0.2, 0) is 12.8 Å². The van der Waals surface area contributed by atoms with E-state index in [0.29, 0.717) is 33.7 Å². The molecule has 0 saturated heterocycles. The molecule has 0 fully saturated rings. The second kappa shape index (κ2) is 6.90. The lowest BCUT2D eigenvalue weighted by atomic mass is 9.95. The molecule has 8 heteroatoms. The Bertz CT molecular complexity index is 1030. The number of ether oxygens (including phenoxy) is 2. The average Bonchev–Trinajstić information content (AvgIpc) is 3.32. The van der Waals surface area contributed by atoms with Gasteiger partial charge in [0.2, 0.25) is 0 Å². The zero-order valence-corrected chi connectivity index (χ0v) is 16.6. The molecule has 1 aliphatic carbocycles. The summed E-state index contributed by atoms with van der Waals surface area (Å²) in [4.78, 5) is 15.9. The van der Waals surface area contributed by atoms with Gasteiger partial charge in [-0.3, -0.25) is 4.79 Å². The van der Waals surface area contributed by atoms with E-state index < -0.39 is 0 Å². The largest absolute Gasteiger partial charge is 0.495 e. The van der Waals surface area contributed by atoms with Gasteiger partial charge in [0.25, 0.3) is 5.91 Å². The van der Waals surface area contributed by atoms with Gasteiger partial charge in [0, 0.05) is 29.1 Å². The van der Waals surface area contributed by atoms with Crippen LogP contribution in [0.5, 0.6) is 11.5 Å². The van der Waals surface area contributed by atoms with Crippen molar-refractivity contribution in [2.45, 2.75) is 12.8 Å². The predicted molar refractivity (Wildman–Crippen MR) is 105 cm³/mol. The minimum absolute atomic E-state index is 0.279. The van der Waals surface area contributed by atoms with Crippen molar-refractivity contribution in [1.29, 1.82) is 0 Å². The van der Waals surface area contributed by atoms with Crippen molar-refractivity contribution in [2.75, 3.05) is 26.2 Å². The van der Waals surface area contributed by atoms with Crippen molar-refractivity contribution in [3.8, 4) is 22.8 Å². The fraction of sp³-hybridized carbons (Fsp3) is 0.263. The number of carbonyl (C=O) groups excluding carboxylic acids is 1. The van der Waals surface area contributed by atoms with Gasteiger partial charge in [0.1, 0.15) is 11.5 Å². The van der Waals surface area contributed by atoms with Crippen molar-refractivity contribution in [1.82, 2.24) is 5.16 Å². The molecule has 1 aliphatic rings. The van der Waals surface area contributed by atoms with Gasteiger partial charge in [-0.1, -0.05) is 16.8 Å². The number of amides is 1. The van der Waals surface area contributed by atoms with Crippen LogP contribution >= 0.6 is 22.9 Å². The predicted octanol–water partition coefficient (Wildman–Crippen LogP) is 4.45. The number of anilines is 1. The summed E-state index contributed by atoms with van der Waals surface area (Å²) in [7, 11) is 4.71. The molecular formula is C19H17ClN2O4S. The molecule has 140 valence electrons. The van der Waals surface area contributed by atoms with Crippen LogP contribution in [0, 0.1) is 0 Å². The Balaban J connectivity index is 1.72. The molecule has 1 aromatic carbocycles. The van der Waals surface area contributed by atoms with Gasteiger partial charge >= 0.3 is 0 Å². The number of benzene rings is 1. The maximum Gasteiger partial charge on any atom is 0.280 e. The summed E-state index contributed by atoms with van der Waals surface area (Å²) < 4.78 is 16.1. The first kappa shape index (κ1) is 17.9. The number of halogens is 1. The topological polar surface area (TPSA) is 64.8 Å². The van der Waals surface area contributed by atoms with Crippen LogP contribution in [0.25, 0.3) is 11.3 Å². The molecule has 0 atom stereocenters. The molecule has 3 aromatic rings. The van der Waals surface area contributed by atoms with Crippen LogP contribution in [0.4, 0.5) is 5.69 Å². The maximum atomic E-state index is 13.1. The molecular weight excluding hydrogens is 388 g/mol. The van der Waals surface area contributed by atoms with E-state index in [-0.39, 0.29) is 5.91 Å². The monoisotopic (exact) mass is 404 g/mol. The molecule has 0 spiro atoms. The number of rotatable bonds is 4. The molecule has 1 amide bonds. The van der Waals surface area contributed by atoms with E-state index in [1.54, 1.807) is 30.5 Å². The number of fused-ring (bicyclic) bond motifs is 3. The SMILES string of the molecule is COc1cc(OC)c(N(C)C(=O)c2noc3c2CCc2sccc2-3)cc1Cl. The number of carbonyl (C=O) groups is 1. The molecule has 2 heterocycles. The minimum atomic E-state index is -0.279. The van der Waals surface area contributed by atoms with Gasteiger partial charge < -0.3 is 18.9 Å². The summed E-state index contributed by atoms with van der Waals surface area (Å²) in [5.74, 6) is 1.36. The van der Waals surface area contributed by atoms with E-state index in [1.807, 2.05) is 11.4 Å². The van der Waals surface area contributed by atoms with Crippen LogP contribution < -0.4 is 14.4 Å². The standard InChI is InChI=1S/C19H17ClN2O4S/c1-22(13-8-12(20)14(24-2)9-15(13)25-3)19(23)17-11-4-5-16-10(6-7-27-16)18(11)26-21-17/h6-9H,4-5H2,1-3H3. The molecule has 0 saturated carbocycles. The van der Waals surface area contributed by atoms with E-state index >= 15 is 0 Å². The highest BCUT2D eigenvalue weighted by Crippen LogP contribution is 2.40. The van der Waals surface area contributed by atoms with Gasteiger partial charge in [-0.15, -0.1) is 11.3 Å². The molecule has 6 nitrogen and oxygen atoms in total. The Kier molecular flexibility index (Phi) is 4.57. The molecule has 0 N–H and O–H groups in total. The van der Waals surface area contributed by atoms with Crippen molar-refractivity contribution < 1.29 is 18.8 Å². The Hall–Kier alpha value is -2.51. The summed E-state index contributed by atoms with van der Waals surface area (Å²) in [5.41, 5.74) is 2.72. The number of hydrogen-bond acceptors (Lipinski definition) is 6. The minimum Gasteiger partial charge on any atom is -0.495 e. The molecule has 4 rings (SSSR count). The lowest BCUT2D eigenvalue weighted by Gasteiger charge is -2.21. The first-order chi connectivity index (χ1) is 13.0. The smallest absolute Gasteiger partial charge is 0.280 e. The van der Waals surface area contributed by atoms with Crippen molar-refractivity contribution >= 4 is 34.5 Å². The highest BCUT2D eigenvalue weighted by atomic mass is 35.5. The van der Waals surface area contributed by atoms with Crippen LogP contribution in [0.3, 0.4) is 0 Å². The first-order valence-corrected chi connectivity index (χ1v) is 9.55. The summed E-state index contributed by atoms with van der Waals surface area (Å²) >= 11 is 7.93. The summed E-state index contributed by atoms with van der Waals surface area (Å²) in [5, 5.41) is 6.49. The van der Waals surface area contributed by atoms with Crippen LogP contribution in [-0.4, -0.2) is 32.3 Å². The Morgan fingerprint density at radius 3 is 2.78 bits per heavy atom. The van der Waals surface area contributed by atoms with Crippen LogP contribution in [0.1, 0.15) is 20.9 Å². The third-order valence-electron chi connectivity index (χ3n) is 4.70. The maximum absolute atomic E-state index is 13.1. The number of nitrogens with zero attached hydrogens (tertiary/aromatic N) is 2. The second-order valence-corrected chi connectivity index (χ2v) is 7.53. The third-order valence-corrected chi connectivity index (χ3v) is 5.98. The van der Waals surface area contributed by atoms with Gasteiger partial charge in [-0.2, -0.15) is 0 Å². The normalized spacial score (nSPS) is 12.3. The van der Waals surface area contributed by atoms with E-state index in [2.05, 4.69) is 5.16 Å². The van der Waals surface area contributed by atoms with Crippen LogP contribution in [0.15, 0.2) is 28.1 Å². The third kappa shape index (κ3) is 2.87. The average molecular weight is 405 g/mol. The fourth-order valence-corrected chi connectivity index (χ4v) is 4.38. The lowest BCUT2D eigenvalue weighted by Crippen LogP contribution is -2.28. The number of methoxy groups -OCH3 is 2. The molecule has 2 aromatic heterocycles. The summed E-state index contributed by atoms with van der Waals surface area (Å²) in [6.07, 6.45) is 1.60. The second-order valence-electron chi connectivity index (χ2n) is 6.12. The summed E-state index contributed by atoms with van der Waals surface area (Å²) in [6.45, 7) is 0. The van der Waals surface area contributed by atoms with E-state index in [4.69, 9.17) is 25.6 Å². The quantitative estimate of drug-likeness (QED) is 0.642. The zero-order chi connectivity index (χ0) is 19.1. The van der Waals surface area contributed by atoms with Gasteiger partial charge in [-0.05, 0) is 30.4 Å². The van der Waals surface area contributed by atoms with E-state index in [1.165, 1.54) is 24.0 Å². The zero-order valence-electron chi connectivity index (χ0n) is 15.0. The highest BCUT2D eigenvalue weighted by molar-refractivity contribution is 7.10. The Labute approximate surface area is 165 Å². The molecule has 0 radical (unpaired) electrons. The lowest BCUT2D eigenvalue weighted by molar-refractivity contribution is 0.0983. The molecule has 27 heavy (non-hydrogen) atoms. The van der Waals surface area contributed by atoms with E-state index in [0.717, 1.165) is 24.0 Å². The Morgan fingerprint density at radius 1 is 1.26 bits per heavy atom. The van der Waals surface area contributed by atoms with E-state index in [9.17, 15) is 4.79 Å². The first-order valence-electron chi connectivity index (χ1n) is 8.30.